The summed E-state index contributed by atoms with van der Waals surface area (Å²) in [6, 6.07) is 6.51. The number of rotatable bonds is 3. The molecule has 0 bridgehead atoms. The molecular formula is C12H8BrClFNO. The lowest BCUT2D eigenvalue weighted by atomic mass is 10.3. The van der Waals surface area contributed by atoms with Crippen molar-refractivity contribution in [2.24, 2.45) is 0 Å². The van der Waals surface area contributed by atoms with Gasteiger partial charge >= 0.3 is 0 Å². The molecule has 2 aromatic rings. The van der Waals surface area contributed by atoms with Gasteiger partial charge in [-0.15, -0.1) is 0 Å². The Morgan fingerprint density at radius 2 is 2.18 bits per heavy atom. The average Bonchev–Trinajstić information content (AvgIpc) is 2.31. The van der Waals surface area contributed by atoms with Crippen molar-refractivity contribution in [3.8, 4) is 5.75 Å². The molecular weight excluding hydrogens is 308 g/mol. The fraction of sp³-hybridized carbons (Fsp3) is 0.0833. The van der Waals surface area contributed by atoms with Crippen LogP contribution in [-0.4, -0.2) is 4.98 Å². The molecule has 0 aliphatic rings. The molecule has 1 heterocycles. The maximum absolute atomic E-state index is 13.5. The molecule has 0 aliphatic heterocycles. The molecule has 0 radical (unpaired) electrons. The maximum Gasteiger partial charge on any atom is 0.183 e. The second-order valence-electron chi connectivity index (χ2n) is 3.35. The van der Waals surface area contributed by atoms with Gasteiger partial charge in [-0.1, -0.05) is 17.7 Å². The standard InChI is InChI=1S/C12H8BrClFNO/c13-9-4-8(5-16-6-9)7-17-11-3-1-2-10(14)12(11)15/h1-6H,7H2. The van der Waals surface area contributed by atoms with Gasteiger partial charge in [0.2, 0.25) is 0 Å². The third-order valence-corrected chi connectivity index (χ3v) is 2.80. The Morgan fingerprint density at radius 1 is 1.35 bits per heavy atom. The highest BCUT2D eigenvalue weighted by molar-refractivity contribution is 9.10. The molecule has 1 aromatic carbocycles. The maximum atomic E-state index is 13.5. The first-order chi connectivity index (χ1) is 8.16. The normalized spacial score (nSPS) is 10.3. The molecule has 2 rings (SSSR count). The van der Waals surface area contributed by atoms with E-state index in [0.717, 1.165) is 10.0 Å². The molecule has 5 heteroatoms. The monoisotopic (exact) mass is 315 g/mol. The zero-order valence-electron chi connectivity index (χ0n) is 8.66. The first-order valence-corrected chi connectivity index (χ1v) is 6.00. The molecule has 2 nitrogen and oxygen atoms in total. The van der Waals surface area contributed by atoms with Gasteiger partial charge in [-0.25, -0.2) is 4.39 Å². The van der Waals surface area contributed by atoms with E-state index < -0.39 is 5.82 Å². The third kappa shape index (κ3) is 3.17. The van der Waals surface area contributed by atoms with Gasteiger partial charge in [-0.3, -0.25) is 4.98 Å². The smallest absolute Gasteiger partial charge is 0.183 e. The van der Waals surface area contributed by atoms with E-state index >= 15 is 0 Å². The van der Waals surface area contributed by atoms with Gasteiger partial charge in [0.05, 0.1) is 5.02 Å². The molecule has 88 valence electrons. The lowest BCUT2D eigenvalue weighted by Gasteiger charge is -2.07. The molecule has 0 amide bonds. The predicted molar refractivity (Wildman–Crippen MR) is 67.7 cm³/mol. The average molecular weight is 317 g/mol. The molecule has 0 spiro atoms. The van der Waals surface area contributed by atoms with Crippen molar-refractivity contribution in [2.45, 2.75) is 6.61 Å². The summed E-state index contributed by atoms with van der Waals surface area (Å²) in [6.45, 7) is 0.240. The SMILES string of the molecule is Fc1c(Cl)cccc1OCc1cncc(Br)c1. The Kier molecular flexibility index (Phi) is 3.97. The minimum Gasteiger partial charge on any atom is -0.486 e. The molecule has 0 fully saturated rings. The van der Waals surface area contributed by atoms with Crippen molar-refractivity contribution < 1.29 is 9.13 Å². The predicted octanol–water partition coefficient (Wildman–Crippen LogP) is 4.22. The van der Waals surface area contributed by atoms with Crippen molar-refractivity contribution in [1.82, 2.24) is 4.98 Å². The van der Waals surface area contributed by atoms with E-state index in [0.29, 0.717) is 0 Å². The van der Waals surface area contributed by atoms with E-state index in [1.807, 2.05) is 6.07 Å². The van der Waals surface area contributed by atoms with E-state index in [-0.39, 0.29) is 17.4 Å². The van der Waals surface area contributed by atoms with Crippen LogP contribution in [0, 0.1) is 5.82 Å². The van der Waals surface area contributed by atoms with Crippen LogP contribution in [0.2, 0.25) is 5.02 Å². The lowest BCUT2D eigenvalue weighted by Crippen LogP contribution is -1.98. The quantitative estimate of drug-likeness (QED) is 0.846. The molecule has 0 atom stereocenters. The summed E-state index contributed by atoms with van der Waals surface area (Å²) < 4.78 is 19.7. The van der Waals surface area contributed by atoms with Crippen molar-refractivity contribution in [2.75, 3.05) is 0 Å². The summed E-state index contributed by atoms with van der Waals surface area (Å²) >= 11 is 8.95. The number of halogens is 3. The highest BCUT2D eigenvalue weighted by atomic mass is 79.9. The number of aromatic nitrogens is 1. The van der Waals surface area contributed by atoms with Gasteiger partial charge in [0.25, 0.3) is 0 Å². The van der Waals surface area contributed by atoms with Gasteiger partial charge in [0, 0.05) is 22.4 Å². The summed E-state index contributed by atoms with van der Waals surface area (Å²) in [5.41, 5.74) is 0.846. The van der Waals surface area contributed by atoms with Crippen LogP contribution in [0.1, 0.15) is 5.56 Å². The Balaban J connectivity index is 2.10. The summed E-state index contributed by atoms with van der Waals surface area (Å²) in [5, 5.41) is 0.0508. The summed E-state index contributed by atoms with van der Waals surface area (Å²) in [4.78, 5) is 3.99. The molecule has 0 saturated heterocycles. The molecule has 0 saturated carbocycles. The lowest BCUT2D eigenvalue weighted by molar-refractivity contribution is 0.290. The zero-order chi connectivity index (χ0) is 12.3. The number of nitrogens with zero attached hydrogens (tertiary/aromatic N) is 1. The summed E-state index contributed by atoms with van der Waals surface area (Å²) in [5.74, 6) is -0.408. The Labute approximate surface area is 112 Å². The van der Waals surface area contributed by atoms with Crippen LogP contribution in [0.5, 0.6) is 5.75 Å². The van der Waals surface area contributed by atoms with Gasteiger partial charge in [-0.05, 0) is 34.1 Å². The first kappa shape index (κ1) is 12.3. The fourth-order valence-electron chi connectivity index (χ4n) is 1.29. The van der Waals surface area contributed by atoms with Crippen LogP contribution < -0.4 is 4.74 Å². The highest BCUT2D eigenvalue weighted by Gasteiger charge is 2.07. The molecule has 0 aliphatic carbocycles. The van der Waals surface area contributed by atoms with Gasteiger partial charge in [-0.2, -0.15) is 0 Å². The second-order valence-corrected chi connectivity index (χ2v) is 4.67. The Hall–Kier alpha value is -1.13. The van der Waals surface area contributed by atoms with Crippen molar-refractivity contribution in [3.05, 3.63) is 57.5 Å². The summed E-state index contributed by atoms with van der Waals surface area (Å²) in [6.07, 6.45) is 3.33. The Morgan fingerprint density at radius 3 is 2.94 bits per heavy atom. The first-order valence-electron chi connectivity index (χ1n) is 4.83. The van der Waals surface area contributed by atoms with Gasteiger partial charge in [0.15, 0.2) is 11.6 Å². The number of pyridine rings is 1. The number of ether oxygens (including phenoxy) is 1. The molecule has 0 unspecified atom stereocenters. The van der Waals surface area contributed by atoms with E-state index in [1.165, 1.54) is 12.1 Å². The molecule has 1 aromatic heterocycles. The van der Waals surface area contributed by atoms with Crippen molar-refractivity contribution >= 4 is 27.5 Å². The van der Waals surface area contributed by atoms with Crippen LogP contribution in [0.15, 0.2) is 41.1 Å². The summed E-state index contributed by atoms with van der Waals surface area (Å²) in [7, 11) is 0. The van der Waals surface area contributed by atoms with Crippen LogP contribution in [-0.2, 0) is 6.61 Å². The number of hydrogen-bond acceptors (Lipinski definition) is 2. The van der Waals surface area contributed by atoms with Crippen LogP contribution in [0.4, 0.5) is 4.39 Å². The van der Waals surface area contributed by atoms with Gasteiger partial charge < -0.3 is 4.74 Å². The van der Waals surface area contributed by atoms with Crippen LogP contribution in [0.25, 0.3) is 0 Å². The minimum absolute atomic E-state index is 0.0508. The number of hydrogen-bond donors (Lipinski definition) is 0. The second kappa shape index (κ2) is 5.47. The largest absolute Gasteiger partial charge is 0.486 e. The number of benzene rings is 1. The molecule has 17 heavy (non-hydrogen) atoms. The van der Waals surface area contributed by atoms with Gasteiger partial charge in [0.1, 0.15) is 6.61 Å². The van der Waals surface area contributed by atoms with E-state index in [1.54, 1.807) is 18.5 Å². The minimum atomic E-state index is -0.544. The van der Waals surface area contributed by atoms with Crippen LogP contribution in [0.3, 0.4) is 0 Å². The van der Waals surface area contributed by atoms with E-state index in [4.69, 9.17) is 16.3 Å². The zero-order valence-corrected chi connectivity index (χ0v) is 11.0. The van der Waals surface area contributed by atoms with E-state index in [9.17, 15) is 4.39 Å². The van der Waals surface area contributed by atoms with Crippen molar-refractivity contribution in [1.29, 1.82) is 0 Å². The van der Waals surface area contributed by atoms with E-state index in [2.05, 4.69) is 20.9 Å². The Bertz CT molecular complexity index is 536. The third-order valence-electron chi connectivity index (χ3n) is 2.07. The highest BCUT2D eigenvalue weighted by Crippen LogP contribution is 2.24. The topological polar surface area (TPSA) is 22.1 Å². The molecule has 0 N–H and O–H groups in total. The van der Waals surface area contributed by atoms with Crippen molar-refractivity contribution in [3.63, 3.8) is 0 Å². The fourth-order valence-corrected chi connectivity index (χ4v) is 1.87. The van der Waals surface area contributed by atoms with Crippen LogP contribution >= 0.6 is 27.5 Å².